The summed E-state index contributed by atoms with van der Waals surface area (Å²) in [5.74, 6) is 0.850. The summed E-state index contributed by atoms with van der Waals surface area (Å²) >= 11 is 0. The predicted molar refractivity (Wildman–Crippen MR) is 109 cm³/mol. The molecule has 3 heterocycles. The number of fused-ring (bicyclic) bond motifs is 1. The van der Waals surface area contributed by atoms with Gasteiger partial charge >= 0.3 is 0 Å². The van der Waals surface area contributed by atoms with E-state index in [0.29, 0.717) is 6.04 Å². The predicted octanol–water partition coefficient (Wildman–Crippen LogP) is 1.19. The van der Waals surface area contributed by atoms with Crippen molar-refractivity contribution in [3.8, 4) is 0 Å². The summed E-state index contributed by atoms with van der Waals surface area (Å²) in [5, 5.41) is 4.55. The molecule has 1 fully saturated rings. The quantitative estimate of drug-likeness (QED) is 0.617. The number of likely N-dealkylation sites (tertiary alicyclic amines) is 1. The van der Waals surface area contributed by atoms with Crippen LogP contribution < -0.4 is 16.5 Å². The number of nitrogens with one attached hydrogen (secondary N) is 2. The standard InChI is InChI=1S/C19H25BN6/c1-12-2-3-15(8-16(12)20)25-19-17-13(9-22-18(17)23-11-24-19)10-26-6-4-14(21)5-7-26/h2-3,8-9,11,14H,4-7,10,20-21H2,1H3,(H2,22,23,24,25). The van der Waals surface area contributed by atoms with Gasteiger partial charge in [-0.3, -0.25) is 4.90 Å². The Hall–Kier alpha value is -2.38. The maximum Gasteiger partial charge on any atom is 0.143 e. The smallest absolute Gasteiger partial charge is 0.143 e. The van der Waals surface area contributed by atoms with Crippen molar-refractivity contribution in [3.63, 3.8) is 0 Å². The molecular formula is C19H25BN6. The minimum atomic E-state index is 0.347. The number of aromatic nitrogens is 3. The lowest BCUT2D eigenvalue weighted by Gasteiger charge is -2.29. The maximum atomic E-state index is 6.03. The van der Waals surface area contributed by atoms with Gasteiger partial charge in [-0.15, -0.1) is 0 Å². The Bertz CT molecular complexity index is 914. The van der Waals surface area contributed by atoms with Crippen LogP contribution in [0.4, 0.5) is 11.5 Å². The Morgan fingerprint density at radius 1 is 1.31 bits per heavy atom. The minimum absolute atomic E-state index is 0.347. The van der Waals surface area contributed by atoms with Gasteiger partial charge < -0.3 is 16.0 Å². The van der Waals surface area contributed by atoms with Crippen molar-refractivity contribution < 1.29 is 0 Å². The van der Waals surface area contributed by atoms with Crippen molar-refractivity contribution in [1.82, 2.24) is 19.9 Å². The number of anilines is 2. The lowest BCUT2D eigenvalue weighted by atomic mass is 9.91. The first-order valence-corrected chi connectivity index (χ1v) is 9.23. The number of aryl methyl sites for hydroxylation is 1. The number of H-pyrrole nitrogens is 1. The molecular weight excluding hydrogens is 323 g/mol. The van der Waals surface area contributed by atoms with Gasteiger partial charge in [-0.1, -0.05) is 17.1 Å². The molecule has 0 saturated carbocycles. The molecule has 0 atom stereocenters. The summed E-state index contributed by atoms with van der Waals surface area (Å²) in [6.07, 6.45) is 5.78. The van der Waals surface area contributed by atoms with E-state index in [2.05, 4.69) is 64.3 Å². The van der Waals surface area contributed by atoms with Crippen molar-refractivity contribution >= 4 is 35.8 Å². The highest BCUT2D eigenvalue weighted by Crippen LogP contribution is 2.27. The zero-order chi connectivity index (χ0) is 18.1. The van der Waals surface area contributed by atoms with Crippen molar-refractivity contribution in [2.45, 2.75) is 32.4 Å². The highest BCUT2D eigenvalue weighted by atomic mass is 15.1. The Balaban J connectivity index is 1.62. The molecule has 4 N–H and O–H groups in total. The topological polar surface area (TPSA) is 82.9 Å². The average molecular weight is 348 g/mol. The van der Waals surface area contributed by atoms with Gasteiger partial charge in [-0.2, -0.15) is 0 Å². The maximum absolute atomic E-state index is 6.03. The molecule has 1 aliphatic heterocycles. The zero-order valence-corrected chi connectivity index (χ0v) is 15.4. The van der Waals surface area contributed by atoms with E-state index < -0.39 is 0 Å². The van der Waals surface area contributed by atoms with Gasteiger partial charge in [-0.05, 0) is 50.6 Å². The summed E-state index contributed by atoms with van der Waals surface area (Å²) in [7, 11) is 2.12. The van der Waals surface area contributed by atoms with Crippen LogP contribution in [0.25, 0.3) is 11.0 Å². The third-order valence-electron chi connectivity index (χ3n) is 5.35. The van der Waals surface area contributed by atoms with Crippen LogP contribution in [0.3, 0.4) is 0 Å². The van der Waals surface area contributed by atoms with E-state index in [1.165, 1.54) is 16.6 Å². The number of hydrogen-bond donors (Lipinski definition) is 3. The van der Waals surface area contributed by atoms with Crippen LogP contribution in [0, 0.1) is 6.92 Å². The Morgan fingerprint density at radius 2 is 2.12 bits per heavy atom. The number of benzene rings is 1. The van der Waals surface area contributed by atoms with Crippen LogP contribution in [0.5, 0.6) is 0 Å². The summed E-state index contributed by atoms with van der Waals surface area (Å²) in [5.41, 5.74) is 11.7. The number of nitrogens with zero attached hydrogens (tertiary/aromatic N) is 3. The second kappa shape index (κ2) is 7.09. The van der Waals surface area contributed by atoms with Crippen LogP contribution in [-0.4, -0.2) is 46.8 Å². The molecule has 134 valence electrons. The lowest BCUT2D eigenvalue weighted by Crippen LogP contribution is -2.39. The second-order valence-corrected chi connectivity index (χ2v) is 7.30. The normalized spacial score (nSPS) is 16.2. The van der Waals surface area contributed by atoms with Crippen LogP contribution in [0.15, 0.2) is 30.7 Å². The largest absolute Gasteiger partial charge is 0.346 e. The van der Waals surface area contributed by atoms with E-state index in [-0.39, 0.29) is 0 Å². The second-order valence-electron chi connectivity index (χ2n) is 7.30. The molecule has 0 bridgehead atoms. The van der Waals surface area contributed by atoms with E-state index in [1.54, 1.807) is 6.33 Å². The van der Waals surface area contributed by atoms with Gasteiger partial charge in [0.05, 0.1) is 5.39 Å². The SMILES string of the molecule is Bc1cc(Nc2ncnc3[nH]cc(CN4CCC(N)CC4)c23)ccc1C. The van der Waals surface area contributed by atoms with Crippen molar-refractivity contribution in [1.29, 1.82) is 0 Å². The average Bonchev–Trinajstić information content (AvgIpc) is 3.04. The minimum Gasteiger partial charge on any atom is -0.346 e. The van der Waals surface area contributed by atoms with E-state index in [0.717, 1.165) is 55.0 Å². The van der Waals surface area contributed by atoms with Crippen molar-refractivity contribution in [2.24, 2.45) is 5.73 Å². The summed E-state index contributed by atoms with van der Waals surface area (Å²) in [6, 6.07) is 6.72. The highest BCUT2D eigenvalue weighted by Gasteiger charge is 2.19. The van der Waals surface area contributed by atoms with Crippen molar-refractivity contribution in [3.05, 3.63) is 41.9 Å². The zero-order valence-electron chi connectivity index (χ0n) is 15.4. The molecule has 1 aromatic carbocycles. The molecule has 2 aromatic heterocycles. The van der Waals surface area contributed by atoms with Gasteiger partial charge in [0.2, 0.25) is 0 Å². The molecule has 0 spiro atoms. The van der Waals surface area contributed by atoms with Crippen LogP contribution in [0.1, 0.15) is 24.0 Å². The molecule has 0 aliphatic carbocycles. The number of piperidine rings is 1. The molecule has 1 aliphatic rings. The van der Waals surface area contributed by atoms with E-state index in [4.69, 9.17) is 5.73 Å². The first kappa shape index (κ1) is 17.1. The van der Waals surface area contributed by atoms with Crippen molar-refractivity contribution in [2.75, 3.05) is 18.4 Å². The molecule has 6 nitrogen and oxygen atoms in total. The number of aromatic amines is 1. The van der Waals surface area contributed by atoms with E-state index in [1.807, 2.05) is 0 Å². The highest BCUT2D eigenvalue weighted by molar-refractivity contribution is 6.33. The third kappa shape index (κ3) is 3.45. The summed E-state index contributed by atoms with van der Waals surface area (Å²) in [4.78, 5) is 14.7. The third-order valence-corrected chi connectivity index (χ3v) is 5.35. The molecule has 4 rings (SSSR count). The summed E-state index contributed by atoms with van der Waals surface area (Å²) < 4.78 is 0. The number of nitrogens with two attached hydrogens (primary N) is 1. The monoisotopic (exact) mass is 348 g/mol. The molecule has 26 heavy (non-hydrogen) atoms. The van der Waals surface area contributed by atoms with Gasteiger partial charge in [0, 0.05) is 24.5 Å². The lowest BCUT2D eigenvalue weighted by molar-refractivity contribution is 0.206. The summed E-state index contributed by atoms with van der Waals surface area (Å²) in [6.45, 7) is 5.10. The number of hydrogen-bond acceptors (Lipinski definition) is 5. The first-order chi connectivity index (χ1) is 12.6. The molecule has 3 aromatic rings. The Morgan fingerprint density at radius 3 is 2.88 bits per heavy atom. The van der Waals surface area contributed by atoms with Gasteiger partial charge in [0.25, 0.3) is 0 Å². The fourth-order valence-corrected chi connectivity index (χ4v) is 3.55. The molecule has 0 radical (unpaired) electrons. The Labute approximate surface area is 154 Å². The van der Waals surface area contributed by atoms with Gasteiger partial charge in [0.15, 0.2) is 0 Å². The molecule has 0 unspecified atom stereocenters. The van der Waals surface area contributed by atoms with Gasteiger partial charge in [-0.25, -0.2) is 9.97 Å². The van der Waals surface area contributed by atoms with E-state index >= 15 is 0 Å². The Kier molecular flexibility index (Phi) is 4.65. The van der Waals surface area contributed by atoms with Crippen LogP contribution >= 0.6 is 0 Å². The molecule has 7 heteroatoms. The van der Waals surface area contributed by atoms with Gasteiger partial charge in [0.1, 0.15) is 25.6 Å². The van der Waals surface area contributed by atoms with E-state index in [9.17, 15) is 0 Å². The van der Waals surface area contributed by atoms with Crippen LogP contribution in [0.2, 0.25) is 0 Å². The molecule has 1 saturated heterocycles. The van der Waals surface area contributed by atoms with Crippen LogP contribution in [-0.2, 0) is 6.54 Å². The fraction of sp³-hybridized carbons (Fsp3) is 0.368. The number of rotatable bonds is 4. The molecule has 0 amide bonds. The first-order valence-electron chi connectivity index (χ1n) is 9.23. The fourth-order valence-electron chi connectivity index (χ4n) is 3.55.